The molecule has 1 aromatic rings. The van der Waals surface area contributed by atoms with Crippen molar-refractivity contribution in [2.45, 2.75) is 20.8 Å². The number of carbonyl (C=O) groups excluding carboxylic acids is 1. The Kier molecular flexibility index (Phi) is 3.12. The summed E-state index contributed by atoms with van der Waals surface area (Å²) in [7, 11) is 0. The lowest BCUT2D eigenvalue weighted by molar-refractivity contribution is -0.118. The quantitative estimate of drug-likeness (QED) is 0.594. The van der Waals surface area contributed by atoms with Crippen molar-refractivity contribution in [1.29, 1.82) is 0 Å². The normalized spacial score (nSPS) is 12.9. The molecular formula is C11H14O3. The second kappa shape index (κ2) is 4.13. The summed E-state index contributed by atoms with van der Waals surface area (Å²) in [6.07, 6.45) is 1.46. The fourth-order valence-electron chi connectivity index (χ4n) is 1.15. The number of aliphatic hydroxyl groups is 1. The highest BCUT2D eigenvalue weighted by molar-refractivity contribution is 6.01. The van der Waals surface area contributed by atoms with Crippen LogP contribution in [0.4, 0.5) is 0 Å². The Morgan fingerprint density at radius 1 is 1.50 bits per heavy atom. The van der Waals surface area contributed by atoms with E-state index in [-0.39, 0.29) is 17.5 Å². The molecule has 0 aliphatic rings. The van der Waals surface area contributed by atoms with Crippen LogP contribution < -0.4 is 0 Å². The number of hydrogen-bond acceptors (Lipinski definition) is 3. The standard InChI is InChI=1S/C11H14O3/c1-7(2)10(12)8(3)11(13)9-5-4-6-14-9/h4-7,13H,1-3H3. The molecule has 0 aromatic carbocycles. The second-order valence-corrected chi connectivity index (χ2v) is 3.47. The van der Waals surface area contributed by atoms with E-state index in [0.29, 0.717) is 11.3 Å². The number of furan rings is 1. The maximum atomic E-state index is 11.5. The van der Waals surface area contributed by atoms with Crippen molar-refractivity contribution in [3.63, 3.8) is 0 Å². The van der Waals surface area contributed by atoms with Gasteiger partial charge in [0, 0.05) is 11.5 Å². The predicted octanol–water partition coefficient (Wildman–Crippen LogP) is 2.79. The van der Waals surface area contributed by atoms with Crippen molar-refractivity contribution < 1.29 is 14.3 Å². The number of Topliss-reactive ketones (excluding diaryl/α,β-unsaturated/α-hetero) is 1. The topological polar surface area (TPSA) is 50.4 Å². The third-order valence-corrected chi connectivity index (χ3v) is 2.00. The van der Waals surface area contributed by atoms with Gasteiger partial charge in [0.15, 0.2) is 17.3 Å². The van der Waals surface area contributed by atoms with Gasteiger partial charge in [0.2, 0.25) is 0 Å². The lowest BCUT2D eigenvalue weighted by Gasteiger charge is -2.05. The van der Waals surface area contributed by atoms with Crippen LogP contribution in [-0.2, 0) is 4.79 Å². The molecule has 0 aliphatic carbocycles. The molecule has 14 heavy (non-hydrogen) atoms. The van der Waals surface area contributed by atoms with Crippen molar-refractivity contribution in [2.75, 3.05) is 0 Å². The van der Waals surface area contributed by atoms with Crippen molar-refractivity contribution >= 4 is 11.5 Å². The average Bonchev–Trinajstić information content (AvgIpc) is 2.67. The zero-order valence-corrected chi connectivity index (χ0v) is 8.57. The first-order chi connectivity index (χ1) is 6.54. The van der Waals surface area contributed by atoms with Crippen LogP contribution in [0.25, 0.3) is 5.76 Å². The molecule has 3 heteroatoms. The molecule has 1 rings (SSSR count). The molecule has 0 fully saturated rings. The van der Waals surface area contributed by atoms with E-state index >= 15 is 0 Å². The first-order valence-electron chi connectivity index (χ1n) is 4.52. The number of rotatable bonds is 3. The first kappa shape index (κ1) is 10.6. The van der Waals surface area contributed by atoms with Gasteiger partial charge in [0.25, 0.3) is 0 Å². The average molecular weight is 194 g/mol. The molecule has 0 unspecified atom stereocenters. The van der Waals surface area contributed by atoms with Gasteiger partial charge in [-0.2, -0.15) is 0 Å². The Hall–Kier alpha value is -1.51. The van der Waals surface area contributed by atoms with E-state index in [2.05, 4.69) is 0 Å². The van der Waals surface area contributed by atoms with Crippen LogP contribution in [0.3, 0.4) is 0 Å². The molecule has 0 bridgehead atoms. The molecule has 0 atom stereocenters. The Bertz CT molecular complexity index is 345. The fraction of sp³-hybridized carbons (Fsp3) is 0.364. The Labute approximate surface area is 83.0 Å². The maximum absolute atomic E-state index is 11.5. The number of allylic oxidation sites excluding steroid dienone is 1. The smallest absolute Gasteiger partial charge is 0.168 e. The third-order valence-electron chi connectivity index (χ3n) is 2.00. The van der Waals surface area contributed by atoms with Gasteiger partial charge >= 0.3 is 0 Å². The van der Waals surface area contributed by atoms with Crippen LogP contribution in [0.1, 0.15) is 26.5 Å². The molecule has 1 aromatic heterocycles. The van der Waals surface area contributed by atoms with E-state index in [1.165, 1.54) is 6.26 Å². The molecule has 76 valence electrons. The minimum atomic E-state index is -0.118. The van der Waals surface area contributed by atoms with Gasteiger partial charge in [-0.3, -0.25) is 4.79 Å². The number of hydrogen-bond donors (Lipinski definition) is 1. The zero-order valence-electron chi connectivity index (χ0n) is 8.57. The minimum Gasteiger partial charge on any atom is -0.504 e. The first-order valence-corrected chi connectivity index (χ1v) is 4.52. The monoisotopic (exact) mass is 194 g/mol. The van der Waals surface area contributed by atoms with E-state index in [1.54, 1.807) is 32.9 Å². The summed E-state index contributed by atoms with van der Waals surface area (Å²) < 4.78 is 4.99. The van der Waals surface area contributed by atoms with Gasteiger partial charge in [-0.15, -0.1) is 0 Å². The van der Waals surface area contributed by atoms with Crippen LogP contribution in [0, 0.1) is 5.92 Å². The van der Waals surface area contributed by atoms with Gasteiger partial charge < -0.3 is 9.52 Å². The van der Waals surface area contributed by atoms with Crippen LogP contribution in [0.5, 0.6) is 0 Å². The SMILES string of the molecule is CC(C(=O)C(C)C)=C(O)c1ccco1. The zero-order chi connectivity index (χ0) is 10.7. The molecule has 0 amide bonds. The van der Waals surface area contributed by atoms with Crippen LogP contribution in [0.2, 0.25) is 0 Å². The van der Waals surface area contributed by atoms with Crippen molar-refractivity contribution in [3.05, 3.63) is 29.7 Å². The van der Waals surface area contributed by atoms with Crippen LogP contribution in [-0.4, -0.2) is 10.9 Å². The molecule has 0 saturated carbocycles. The minimum absolute atomic E-state index is 0.0705. The molecule has 0 spiro atoms. The van der Waals surface area contributed by atoms with Gasteiger partial charge in [-0.05, 0) is 19.1 Å². The molecule has 3 nitrogen and oxygen atoms in total. The Balaban J connectivity index is 3.00. The second-order valence-electron chi connectivity index (χ2n) is 3.47. The molecule has 1 N–H and O–H groups in total. The van der Waals surface area contributed by atoms with Crippen molar-refractivity contribution in [3.8, 4) is 0 Å². The Morgan fingerprint density at radius 2 is 2.14 bits per heavy atom. The highest BCUT2D eigenvalue weighted by atomic mass is 16.4. The van der Waals surface area contributed by atoms with E-state index in [0.717, 1.165) is 0 Å². The van der Waals surface area contributed by atoms with E-state index < -0.39 is 0 Å². The summed E-state index contributed by atoms with van der Waals surface area (Å²) in [5.41, 5.74) is 0.343. The molecule has 0 aliphatic heterocycles. The van der Waals surface area contributed by atoms with E-state index in [9.17, 15) is 9.90 Å². The summed E-state index contributed by atoms with van der Waals surface area (Å²) in [6, 6.07) is 3.28. The third kappa shape index (κ3) is 2.05. The lowest BCUT2D eigenvalue weighted by atomic mass is 10.0. The summed E-state index contributed by atoms with van der Waals surface area (Å²) in [6.45, 7) is 5.18. The maximum Gasteiger partial charge on any atom is 0.168 e. The van der Waals surface area contributed by atoms with Gasteiger partial charge in [0.05, 0.1) is 6.26 Å². The lowest BCUT2D eigenvalue weighted by Crippen LogP contribution is -2.09. The summed E-state index contributed by atoms with van der Waals surface area (Å²) in [4.78, 5) is 11.5. The van der Waals surface area contributed by atoms with Gasteiger partial charge in [0.1, 0.15) is 0 Å². The summed E-state index contributed by atoms with van der Waals surface area (Å²) >= 11 is 0. The Morgan fingerprint density at radius 3 is 2.57 bits per heavy atom. The molecular weight excluding hydrogens is 180 g/mol. The van der Waals surface area contributed by atoms with Crippen molar-refractivity contribution in [1.82, 2.24) is 0 Å². The fourth-order valence-corrected chi connectivity index (χ4v) is 1.15. The molecule has 1 heterocycles. The molecule has 0 saturated heterocycles. The number of ketones is 1. The van der Waals surface area contributed by atoms with Crippen LogP contribution >= 0.6 is 0 Å². The van der Waals surface area contributed by atoms with Gasteiger partial charge in [-0.1, -0.05) is 13.8 Å². The highest BCUT2D eigenvalue weighted by Gasteiger charge is 2.16. The van der Waals surface area contributed by atoms with Crippen molar-refractivity contribution in [2.24, 2.45) is 5.92 Å². The molecule has 0 radical (unpaired) electrons. The number of aliphatic hydroxyl groups excluding tert-OH is 1. The van der Waals surface area contributed by atoms with Gasteiger partial charge in [-0.25, -0.2) is 0 Å². The number of carbonyl (C=O) groups is 1. The largest absolute Gasteiger partial charge is 0.504 e. The van der Waals surface area contributed by atoms with E-state index in [1.807, 2.05) is 0 Å². The summed E-state index contributed by atoms with van der Waals surface area (Å²) in [5, 5.41) is 9.66. The van der Waals surface area contributed by atoms with E-state index in [4.69, 9.17) is 4.42 Å². The van der Waals surface area contributed by atoms with Crippen LogP contribution in [0.15, 0.2) is 28.4 Å². The highest BCUT2D eigenvalue weighted by Crippen LogP contribution is 2.18. The predicted molar refractivity (Wildman–Crippen MR) is 53.8 cm³/mol. The summed E-state index contributed by atoms with van der Waals surface area (Å²) in [5.74, 6) is 0.0659.